The van der Waals surface area contributed by atoms with Crippen LogP contribution in [0.3, 0.4) is 0 Å². The van der Waals surface area contributed by atoms with Crippen molar-refractivity contribution in [3.63, 3.8) is 0 Å². The summed E-state index contributed by atoms with van der Waals surface area (Å²) in [6, 6.07) is 14.3. The smallest absolute Gasteiger partial charge is 0.223 e. The molecule has 2 aromatic carbocycles. The molecular weight excluding hydrogens is 350 g/mol. The second kappa shape index (κ2) is 8.35. The van der Waals surface area contributed by atoms with E-state index in [2.05, 4.69) is 50.5 Å². The van der Waals surface area contributed by atoms with E-state index >= 15 is 0 Å². The molecule has 0 spiro atoms. The van der Waals surface area contributed by atoms with Gasteiger partial charge in [-0.1, -0.05) is 36.4 Å². The number of rotatable bonds is 5. The van der Waals surface area contributed by atoms with Crippen LogP contribution in [-0.2, 0) is 4.79 Å². The first-order chi connectivity index (χ1) is 13.7. The number of hydrogen-bond acceptors (Lipinski definition) is 5. The first kappa shape index (κ1) is 18.4. The predicted molar refractivity (Wildman–Crippen MR) is 111 cm³/mol. The maximum atomic E-state index is 12.8. The van der Waals surface area contributed by atoms with Gasteiger partial charge < -0.3 is 16.0 Å². The van der Waals surface area contributed by atoms with Gasteiger partial charge >= 0.3 is 0 Å². The highest BCUT2D eigenvalue weighted by Crippen LogP contribution is 2.24. The molecule has 0 aliphatic carbocycles. The number of piperidine rings is 1. The fourth-order valence-corrected chi connectivity index (χ4v) is 3.82. The molecule has 1 aliphatic rings. The summed E-state index contributed by atoms with van der Waals surface area (Å²) >= 11 is 0. The SMILES string of the molecule is NCC(NC(=O)C1CCN(c2cnccn2)CC1)c1ccc2ccccc2c1. The number of fused-ring (bicyclic) bond motifs is 1. The average molecular weight is 375 g/mol. The number of amides is 1. The first-order valence-electron chi connectivity index (χ1n) is 9.74. The minimum atomic E-state index is -0.171. The summed E-state index contributed by atoms with van der Waals surface area (Å²) in [5.41, 5.74) is 7.03. The van der Waals surface area contributed by atoms with Crippen LogP contribution >= 0.6 is 0 Å². The molecule has 6 nitrogen and oxygen atoms in total. The van der Waals surface area contributed by atoms with Crippen LogP contribution < -0.4 is 16.0 Å². The topological polar surface area (TPSA) is 84.1 Å². The molecule has 1 fully saturated rings. The number of nitrogens with two attached hydrogens (primary N) is 1. The van der Waals surface area contributed by atoms with Crippen LogP contribution in [0, 0.1) is 5.92 Å². The molecule has 1 amide bonds. The third-order valence-corrected chi connectivity index (χ3v) is 5.47. The van der Waals surface area contributed by atoms with Crippen molar-refractivity contribution >= 4 is 22.5 Å². The van der Waals surface area contributed by atoms with Crippen LogP contribution in [0.25, 0.3) is 10.8 Å². The number of nitrogens with zero attached hydrogens (tertiary/aromatic N) is 3. The molecule has 0 bridgehead atoms. The van der Waals surface area contributed by atoms with Crippen LogP contribution in [0.5, 0.6) is 0 Å². The Kier molecular flexibility index (Phi) is 5.48. The highest BCUT2D eigenvalue weighted by molar-refractivity contribution is 5.84. The lowest BCUT2D eigenvalue weighted by atomic mass is 9.94. The molecule has 3 N–H and O–H groups in total. The van der Waals surface area contributed by atoms with Gasteiger partial charge in [0.25, 0.3) is 0 Å². The molecule has 1 saturated heterocycles. The summed E-state index contributed by atoms with van der Waals surface area (Å²) in [5, 5.41) is 5.50. The van der Waals surface area contributed by atoms with Gasteiger partial charge in [0.2, 0.25) is 5.91 Å². The monoisotopic (exact) mass is 375 g/mol. The van der Waals surface area contributed by atoms with E-state index in [9.17, 15) is 4.79 Å². The zero-order valence-corrected chi connectivity index (χ0v) is 15.8. The average Bonchev–Trinajstić information content (AvgIpc) is 2.77. The second-order valence-electron chi connectivity index (χ2n) is 7.23. The Balaban J connectivity index is 1.39. The van der Waals surface area contributed by atoms with Crippen molar-refractivity contribution in [2.24, 2.45) is 11.7 Å². The number of benzene rings is 2. The molecule has 28 heavy (non-hydrogen) atoms. The largest absolute Gasteiger partial charge is 0.355 e. The van der Waals surface area contributed by atoms with Gasteiger partial charge in [0.05, 0.1) is 12.2 Å². The van der Waals surface area contributed by atoms with Gasteiger partial charge in [-0.05, 0) is 35.2 Å². The number of hydrogen-bond donors (Lipinski definition) is 2. The number of anilines is 1. The van der Waals surface area contributed by atoms with E-state index in [0.29, 0.717) is 6.54 Å². The Morgan fingerprint density at radius 3 is 2.64 bits per heavy atom. The highest BCUT2D eigenvalue weighted by atomic mass is 16.2. The lowest BCUT2D eigenvalue weighted by Gasteiger charge is -2.32. The van der Waals surface area contributed by atoms with Crippen molar-refractivity contribution in [2.45, 2.75) is 18.9 Å². The van der Waals surface area contributed by atoms with Crippen molar-refractivity contribution < 1.29 is 4.79 Å². The van der Waals surface area contributed by atoms with E-state index in [0.717, 1.165) is 42.7 Å². The number of nitrogens with one attached hydrogen (secondary N) is 1. The van der Waals surface area contributed by atoms with Crippen LogP contribution in [0.1, 0.15) is 24.4 Å². The molecule has 4 rings (SSSR count). The molecule has 1 aromatic heterocycles. The summed E-state index contributed by atoms with van der Waals surface area (Å²) in [7, 11) is 0. The fourth-order valence-electron chi connectivity index (χ4n) is 3.82. The lowest BCUT2D eigenvalue weighted by molar-refractivity contribution is -0.126. The molecule has 1 aliphatic heterocycles. The molecule has 2 heterocycles. The summed E-state index contributed by atoms with van der Waals surface area (Å²) in [5.74, 6) is 0.960. The Hall–Kier alpha value is -2.99. The fraction of sp³-hybridized carbons (Fsp3) is 0.318. The molecule has 0 saturated carbocycles. The third kappa shape index (κ3) is 3.97. The zero-order valence-electron chi connectivity index (χ0n) is 15.8. The van der Waals surface area contributed by atoms with Crippen molar-refractivity contribution in [1.82, 2.24) is 15.3 Å². The molecular formula is C22H25N5O. The molecule has 1 unspecified atom stereocenters. The second-order valence-corrected chi connectivity index (χ2v) is 7.23. The Bertz CT molecular complexity index is 938. The van der Waals surface area contributed by atoms with E-state index < -0.39 is 0 Å². The minimum Gasteiger partial charge on any atom is -0.355 e. The number of aromatic nitrogens is 2. The van der Waals surface area contributed by atoms with Gasteiger partial charge in [0.1, 0.15) is 5.82 Å². The molecule has 144 valence electrons. The predicted octanol–water partition coefficient (Wildman–Crippen LogP) is 2.66. The lowest BCUT2D eigenvalue weighted by Crippen LogP contribution is -2.43. The maximum Gasteiger partial charge on any atom is 0.223 e. The van der Waals surface area contributed by atoms with Crippen LogP contribution in [0.4, 0.5) is 5.82 Å². The van der Waals surface area contributed by atoms with Crippen LogP contribution in [0.15, 0.2) is 61.1 Å². The van der Waals surface area contributed by atoms with Crippen LogP contribution in [-0.4, -0.2) is 35.5 Å². The Labute approximate surface area is 164 Å². The minimum absolute atomic E-state index is 0.00225. The quantitative estimate of drug-likeness (QED) is 0.716. The van der Waals surface area contributed by atoms with Gasteiger partial charge in [0, 0.05) is 37.9 Å². The van der Waals surface area contributed by atoms with Gasteiger partial charge in [-0.3, -0.25) is 9.78 Å². The number of carbonyl (C=O) groups excluding carboxylic acids is 1. The molecule has 0 radical (unpaired) electrons. The number of carbonyl (C=O) groups is 1. The Morgan fingerprint density at radius 1 is 1.14 bits per heavy atom. The van der Waals surface area contributed by atoms with Gasteiger partial charge in [-0.15, -0.1) is 0 Å². The van der Waals surface area contributed by atoms with E-state index in [1.807, 2.05) is 12.1 Å². The van der Waals surface area contributed by atoms with Gasteiger partial charge in [-0.25, -0.2) is 4.98 Å². The maximum absolute atomic E-state index is 12.8. The van der Waals surface area contributed by atoms with E-state index in [1.54, 1.807) is 18.6 Å². The van der Waals surface area contributed by atoms with E-state index in [4.69, 9.17) is 5.73 Å². The van der Waals surface area contributed by atoms with E-state index in [-0.39, 0.29) is 17.9 Å². The zero-order chi connectivity index (χ0) is 19.3. The third-order valence-electron chi connectivity index (χ3n) is 5.47. The van der Waals surface area contributed by atoms with E-state index in [1.165, 1.54) is 5.39 Å². The molecule has 6 heteroatoms. The summed E-state index contributed by atoms with van der Waals surface area (Å²) < 4.78 is 0. The molecule has 1 atom stereocenters. The van der Waals surface area contributed by atoms with Crippen molar-refractivity contribution in [3.05, 3.63) is 66.6 Å². The first-order valence-corrected chi connectivity index (χ1v) is 9.74. The van der Waals surface area contributed by atoms with Gasteiger partial charge in [-0.2, -0.15) is 0 Å². The summed E-state index contributed by atoms with van der Waals surface area (Å²) in [6.07, 6.45) is 6.74. The Morgan fingerprint density at radius 2 is 1.93 bits per heavy atom. The van der Waals surface area contributed by atoms with Crippen molar-refractivity contribution in [2.75, 3.05) is 24.5 Å². The normalized spacial score (nSPS) is 16.1. The van der Waals surface area contributed by atoms with Crippen molar-refractivity contribution in [3.8, 4) is 0 Å². The highest BCUT2D eigenvalue weighted by Gasteiger charge is 2.27. The van der Waals surface area contributed by atoms with Gasteiger partial charge in [0.15, 0.2) is 0 Å². The van der Waals surface area contributed by atoms with Crippen LogP contribution in [0.2, 0.25) is 0 Å². The summed E-state index contributed by atoms with van der Waals surface area (Å²) in [4.78, 5) is 23.5. The standard InChI is InChI=1S/C22H25N5O/c23-14-20(19-6-5-16-3-1-2-4-18(16)13-19)26-22(28)17-7-11-27(12-8-17)21-15-24-9-10-25-21/h1-6,9-10,13,15,17,20H,7-8,11-12,14,23H2,(H,26,28). The molecule has 3 aromatic rings. The summed E-state index contributed by atoms with van der Waals surface area (Å²) in [6.45, 7) is 1.99. The van der Waals surface area contributed by atoms with Crippen molar-refractivity contribution in [1.29, 1.82) is 0 Å².